The van der Waals surface area contributed by atoms with Crippen molar-refractivity contribution in [2.24, 2.45) is 0 Å². The first-order valence-corrected chi connectivity index (χ1v) is 7.61. The molecule has 3 nitrogen and oxygen atoms in total. The molecule has 0 spiro atoms. The van der Waals surface area contributed by atoms with Gasteiger partial charge in [-0.1, -0.05) is 6.92 Å². The van der Waals surface area contributed by atoms with Crippen LogP contribution in [-0.2, 0) is 11.3 Å². The van der Waals surface area contributed by atoms with Gasteiger partial charge in [-0.25, -0.2) is 8.78 Å². The lowest BCUT2D eigenvalue weighted by atomic mass is 10.1. The molecule has 0 bridgehead atoms. The van der Waals surface area contributed by atoms with Crippen LogP contribution in [0.3, 0.4) is 0 Å². The summed E-state index contributed by atoms with van der Waals surface area (Å²) < 4.78 is 33.5. The number of hydrogen-bond acceptors (Lipinski definition) is 3. The monoisotopic (exact) mass is 298 g/mol. The highest BCUT2D eigenvalue weighted by molar-refractivity contribution is 5.52. The molecule has 1 aliphatic rings. The van der Waals surface area contributed by atoms with Crippen LogP contribution in [0, 0.1) is 11.6 Å². The maximum atomic E-state index is 14.3. The number of benzene rings is 1. The summed E-state index contributed by atoms with van der Waals surface area (Å²) in [6.07, 6.45) is 2.92. The quantitative estimate of drug-likeness (QED) is 0.783. The van der Waals surface area contributed by atoms with Crippen LogP contribution in [0.25, 0.3) is 0 Å². The van der Waals surface area contributed by atoms with Crippen LogP contribution in [0.2, 0.25) is 0 Å². The van der Waals surface area contributed by atoms with Gasteiger partial charge >= 0.3 is 0 Å². The van der Waals surface area contributed by atoms with E-state index in [0.29, 0.717) is 25.3 Å². The van der Waals surface area contributed by atoms with E-state index < -0.39 is 11.6 Å². The molecular formula is C16H24F2N2O. The average molecular weight is 298 g/mol. The number of methoxy groups -OCH3 is 1. The SMILES string of the molecule is CCC1CCCN1c1c(F)cc(CNCCOC)cc1F. The number of anilines is 1. The Morgan fingerprint density at radius 1 is 1.33 bits per heavy atom. The molecule has 0 aromatic heterocycles. The molecule has 21 heavy (non-hydrogen) atoms. The Hall–Kier alpha value is -1.20. The average Bonchev–Trinajstić information content (AvgIpc) is 2.91. The van der Waals surface area contributed by atoms with E-state index in [-0.39, 0.29) is 11.7 Å². The predicted molar refractivity (Wildman–Crippen MR) is 80.6 cm³/mol. The van der Waals surface area contributed by atoms with Gasteiger partial charge in [0.15, 0.2) is 0 Å². The van der Waals surface area contributed by atoms with Crippen molar-refractivity contribution in [3.63, 3.8) is 0 Å². The minimum Gasteiger partial charge on any atom is -0.383 e. The molecule has 2 rings (SSSR count). The molecule has 1 N–H and O–H groups in total. The Morgan fingerprint density at radius 3 is 2.67 bits per heavy atom. The highest BCUT2D eigenvalue weighted by Gasteiger charge is 2.28. The lowest BCUT2D eigenvalue weighted by molar-refractivity contribution is 0.199. The Morgan fingerprint density at radius 2 is 2.05 bits per heavy atom. The molecule has 1 aliphatic heterocycles. The highest BCUT2D eigenvalue weighted by atomic mass is 19.1. The number of ether oxygens (including phenoxy) is 1. The Bertz CT molecular complexity index is 445. The normalized spacial score (nSPS) is 18.5. The van der Waals surface area contributed by atoms with Crippen LogP contribution in [0.4, 0.5) is 14.5 Å². The van der Waals surface area contributed by atoms with Gasteiger partial charge in [0.05, 0.1) is 6.61 Å². The van der Waals surface area contributed by atoms with Gasteiger partial charge in [-0.3, -0.25) is 0 Å². The van der Waals surface area contributed by atoms with Crippen LogP contribution in [0.5, 0.6) is 0 Å². The van der Waals surface area contributed by atoms with E-state index in [4.69, 9.17) is 4.74 Å². The standard InChI is InChI=1S/C16H24F2N2O/c1-3-13-5-4-7-20(13)16-14(17)9-12(10-15(16)18)11-19-6-8-21-2/h9-10,13,19H,3-8,11H2,1-2H3. The van der Waals surface area contributed by atoms with Crippen molar-refractivity contribution in [2.75, 3.05) is 31.7 Å². The fourth-order valence-electron chi connectivity index (χ4n) is 2.96. The lowest BCUT2D eigenvalue weighted by Gasteiger charge is -2.27. The number of hydrogen-bond donors (Lipinski definition) is 1. The molecule has 0 radical (unpaired) electrons. The van der Waals surface area contributed by atoms with Crippen molar-refractivity contribution in [3.8, 4) is 0 Å². The van der Waals surface area contributed by atoms with Crippen LogP contribution < -0.4 is 10.2 Å². The van der Waals surface area contributed by atoms with Gasteiger partial charge in [-0.15, -0.1) is 0 Å². The number of rotatable bonds is 7. The maximum Gasteiger partial charge on any atom is 0.149 e. The second-order valence-electron chi connectivity index (χ2n) is 5.48. The summed E-state index contributed by atoms with van der Waals surface area (Å²) in [5.41, 5.74) is 0.761. The highest BCUT2D eigenvalue weighted by Crippen LogP contribution is 2.32. The summed E-state index contributed by atoms with van der Waals surface area (Å²) in [4.78, 5) is 1.88. The van der Waals surface area contributed by atoms with Crippen molar-refractivity contribution in [2.45, 2.75) is 38.8 Å². The Balaban J connectivity index is 2.10. The van der Waals surface area contributed by atoms with Crippen LogP contribution in [-0.4, -0.2) is 32.8 Å². The van der Waals surface area contributed by atoms with Crippen molar-refractivity contribution in [1.82, 2.24) is 5.32 Å². The van der Waals surface area contributed by atoms with E-state index in [1.54, 1.807) is 7.11 Å². The summed E-state index contributed by atoms with van der Waals surface area (Å²) >= 11 is 0. The zero-order valence-electron chi connectivity index (χ0n) is 12.8. The second-order valence-corrected chi connectivity index (χ2v) is 5.48. The topological polar surface area (TPSA) is 24.5 Å². The molecule has 0 saturated carbocycles. The van der Waals surface area contributed by atoms with Crippen molar-refractivity contribution in [3.05, 3.63) is 29.3 Å². The number of nitrogens with one attached hydrogen (secondary N) is 1. The second kappa shape index (κ2) is 7.71. The molecule has 1 saturated heterocycles. The first-order chi connectivity index (χ1) is 10.2. The largest absolute Gasteiger partial charge is 0.383 e. The van der Waals surface area contributed by atoms with Gasteiger partial charge in [0.1, 0.15) is 17.3 Å². The van der Waals surface area contributed by atoms with Gasteiger partial charge in [0, 0.05) is 32.8 Å². The van der Waals surface area contributed by atoms with Crippen LogP contribution in [0.15, 0.2) is 12.1 Å². The van der Waals surface area contributed by atoms with Gasteiger partial charge in [0.25, 0.3) is 0 Å². The van der Waals surface area contributed by atoms with E-state index in [9.17, 15) is 8.78 Å². The van der Waals surface area contributed by atoms with Crippen molar-refractivity contribution >= 4 is 5.69 Å². The Kier molecular flexibility index (Phi) is 5.94. The van der Waals surface area contributed by atoms with Gasteiger partial charge in [-0.2, -0.15) is 0 Å². The minimum atomic E-state index is -0.459. The third kappa shape index (κ3) is 3.92. The van der Waals surface area contributed by atoms with Gasteiger partial charge < -0.3 is 15.0 Å². The fourth-order valence-corrected chi connectivity index (χ4v) is 2.96. The third-order valence-corrected chi connectivity index (χ3v) is 4.02. The summed E-state index contributed by atoms with van der Waals surface area (Å²) in [5.74, 6) is -0.919. The first-order valence-electron chi connectivity index (χ1n) is 7.61. The van der Waals surface area contributed by atoms with E-state index in [1.165, 1.54) is 12.1 Å². The lowest BCUT2D eigenvalue weighted by Crippen LogP contribution is -2.30. The molecule has 118 valence electrons. The molecule has 1 heterocycles. The first kappa shape index (κ1) is 16.2. The van der Waals surface area contributed by atoms with Crippen LogP contribution >= 0.6 is 0 Å². The number of halogens is 2. The zero-order valence-corrected chi connectivity index (χ0v) is 12.8. The zero-order chi connectivity index (χ0) is 15.2. The van der Waals surface area contributed by atoms with Gasteiger partial charge in [-0.05, 0) is 37.0 Å². The summed E-state index contributed by atoms with van der Waals surface area (Å²) in [6.45, 7) is 4.47. The molecular weight excluding hydrogens is 274 g/mol. The maximum absolute atomic E-state index is 14.3. The molecule has 0 aliphatic carbocycles. The molecule has 1 atom stereocenters. The van der Waals surface area contributed by atoms with Crippen molar-refractivity contribution < 1.29 is 13.5 Å². The summed E-state index contributed by atoms with van der Waals surface area (Å²) in [7, 11) is 1.62. The molecule has 1 aromatic rings. The van der Waals surface area contributed by atoms with E-state index in [0.717, 1.165) is 25.8 Å². The summed E-state index contributed by atoms with van der Waals surface area (Å²) in [6, 6.07) is 3.12. The van der Waals surface area contributed by atoms with Crippen molar-refractivity contribution in [1.29, 1.82) is 0 Å². The molecule has 1 fully saturated rings. The third-order valence-electron chi connectivity index (χ3n) is 4.02. The van der Waals surface area contributed by atoms with E-state index in [1.807, 2.05) is 4.90 Å². The number of nitrogens with zero attached hydrogens (tertiary/aromatic N) is 1. The molecule has 1 aromatic carbocycles. The molecule has 0 amide bonds. The smallest absolute Gasteiger partial charge is 0.149 e. The van der Waals surface area contributed by atoms with E-state index >= 15 is 0 Å². The van der Waals surface area contributed by atoms with E-state index in [2.05, 4.69) is 12.2 Å². The fraction of sp³-hybridized carbons (Fsp3) is 0.625. The molecule has 5 heteroatoms. The van der Waals surface area contributed by atoms with Crippen LogP contribution in [0.1, 0.15) is 31.7 Å². The Labute approximate surface area is 125 Å². The predicted octanol–water partition coefficient (Wildman–Crippen LogP) is 3.08. The minimum absolute atomic E-state index is 0.139. The summed E-state index contributed by atoms with van der Waals surface area (Å²) in [5, 5.41) is 3.09. The molecule has 1 unspecified atom stereocenters. The van der Waals surface area contributed by atoms with Gasteiger partial charge in [0.2, 0.25) is 0 Å².